The van der Waals surface area contributed by atoms with E-state index in [9.17, 15) is 9.59 Å². The summed E-state index contributed by atoms with van der Waals surface area (Å²) in [6, 6.07) is 14.6. The highest BCUT2D eigenvalue weighted by atomic mass is 79.9. The van der Waals surface area contributed by atoms with Crippen LogP contribution in [0.15, 0.2) is 59.1 Å². The minimum absolute atomic E-state index is 0.232. The minimum atomic E-state index is -0.535. The number of aryl methyl sites for hydroxylation is 1. The number of Topliss-reactive ketones (excluding diaryl/α,β-unsaturated/α-hetero) is 1. The normalized spacial score (nSPS) is 10.6. The summed E-state index contributed by atoms with van der Waals surface area (Å²) in [7, 11) is 0. The van der Waals surface area contributed by atoms with Crippen molar-refractivity contribution in [3.05, 3.63) is 75.8 Å². The van der Waals surface area contributed by atoms with Crippen LogP contribution in [0.25, 0.3) is 6.08 Å². The Morgan fingerprint density at radius 1 is 1.14 bits per heavy atom. The summed E-state index contributed by atoms with van der Waals surface area (Å²) < 4.78 is 5.84. The molecule has 0 fully saturated rings. The van der Waals surface area contributed by atoms with E-state index in [2.05, 4.69) is 15.9 Å². The first-order chi connectivity index (χ1) is 10.5. The predicted octanol–water partition coefficient (Wildman–Crippen LogP) is 4.20. The Hall–Kier alpha value is -2.20. The fourth-order valence-corrected chi connectivity index (χ4v) is 2.11. The average Bonchev–Trinajstić information content (AvgIpc) is 2.51. The molecule has 3 nitrogen and oxygen atoms in total. The smallest absolute Gasteiger partial charge is 0.331 e. The summed E-state index contributed by atoms with van der Waals surface area (Å²) in [5, 5.41) is 0. The lowest BCUT2D eigenvalue weighted by Crippen LogP contribution is -2.12. The van der Waals surface area contributed by atoms with Crippen LogP contribution in [0, 0.1) is 6.92 Å². The Labute approximate surface area is 137 Å². The van der Waals surface area contributed by atoms with Crippen molar-refractivity contribution in [2.45, 2.75) is 6.92 Å². The van der Waals surface area contributed by atoms with Crippen molar-refractivity contribution in [3.63, 3.8) is 0 Å². The summed E-state index contributed by atoms with van der Waals surface area (Å²) in [6.45, 7) is 1.71. The minimum Gasteiger partial charge on any atom is -0.454 e. The van der Waals surface area contributed by atoms with E-state index in [-0.39, 0.29) is 12.4 Å². The molecule has 0 aliphatic rings. The van der Waals surface area contributed by atoms with Crippen LogP contribution in [-0.2, 0) is 9.53 Å². The van der Waals surface area contributed by atoms with Crippen LogP contribution in [-0.4, -0.2) is 18.4 Å². The van der Waals surface area contributed by atoms with E-state index in [1.54, 1.807) is 30.3 Å². The monoisotopic (exact) mass is 358 g/mol. The molecule has 0 unspecified atom stereocenters. The van der Waals surface area contributed by atoms with Gasteiger partial charge in [-0.25, -0.2) is 4.79 Å². The molecule has 0 atom stereocenters. The first-order valence-electron chi connectivity index (χ1n) is 6.75. The van der Waals surface area contributed by atoms with Crippen molar-refractivity contribution < 1.29 is 14.3 Å². The van der Waals surface area contributed by atoms with Crippen LogP contribution >= 0.6 is 15.9 Å². The maximum Gasteiger partial charge on any atom is 0.331 e. The first-order valence-corrected chi connectivity index (χ1v) is 7.54. The van der Waals surface area contributed by atoms with Crippen LogP contribution < -0.4 is 0 Å². The van der Waals surface area contributed by atoms with Gasteiger partial charge in [-0.2, -0.15) is 0 Å². The van der Waals surface area contributed by atoms with Crippen LogP contribution in [0.5, 0.6) is 0 Å². The molecule has 4 heteroatoms. The highest BCUT2D eigenvalue weighted by Gasteiger charge is 2.08. The number of rotatable bonds is 5. The molecule has 22 heavy (non-hydrogen) atoms. The Balaban J connectivity index is 1.87. The molecule has 0 saturated heterocycles. The molecule has 2 rings (SSSR count). The van der Waals surface area contributed by atoms with E-state index in [1.165, 1.54) is 6.08 Å². The lowest BCUT2D eigenvalue weighted by Gasteiger charge is -2.02. The summed E-state index contributed by atoms with van der Waals surface area (Å²) in [5.41, 5.74) is 2.54. The van der Waals surface area contributed by atoms with Gasteiger partial charge >= 0.3 is 5.97 Å². The van der Waals surface area contributed by atoms with Crippen LogP contribution in [0.1, 0.15) is 21.5 Å². The number of hydrogen-bond donors (Lipinski definition) is 0. The Morgan fingerprint density at radius 2 is 1.86 bits per heavy atom. The summed E-state index contributed by atoms with van der Waals surface area (Å²) in [6.07, 6.45) is 2.99. The molecule has 0 amide bonds. The van der Waals surface area contributed by atoms with Gasteiger partial charge in [-0.3, -0.25) is 4.79 Å². The van der Waals surface area contributed by atoms with Gasteiger partial charge in [0.05, 0.1) is 0 Å². The summed E-state index contributed by atoms with van der Waals surface area (Å²) >= 11 is 3.30. The van der Waals surface area contributed by atoms with Gasteiger partial charge in [-0.15, -0.1) is 0 Å². The average molecular weight is 359 g/mol. The zero-order valence-corrected chi connectivity index (χ0v) is 13.7. The third-order valence-electron chi connectivity index (χ3n) is 2.97. The van der Waals surface area contributed by atoms with Crippen LogP contribution in [0.3, 0.4) is 0 Å². The van der Waals surface area contributed by atoms with Crippen molar-refractivity contribution in [1.82, 2.24) is 0 Å². The number of ether oxygens (including phenoxy) is 1. The maximum absolute atomic E-state index is 11.9. The molecule has 2 aromatic carbocycles. The van der Waals surface area contributed by atoms with Crippen molar-refractivity contribution >= 4 is 33.8 Å². The van der Waals surface area contributed by atoms with Crippen molar-refractivity contribution in [2.75, 3.05) is 6.61 Å². The standard InChI is InChI=1S/C18H15BrO3/c1-13-3-2-4-14(11-13)5-10-18(21)22-12-17(20)15-6-8-16(19)9-7-15/h2-11H,12H2,1H3/b10-5+. The fourth-order valence-electron chi connectivity index (χ4n) is 1.84. The lowest BCUT2D eigenvalue weighted by molar-refractivity contribution is -0.136. The number of carbonyl (C=O) groups excluding carboxylic acids is 2. The Morgan fingerprint density at radius 3 is 2.55 bits per heavy atom. The molecule has 0 bridgehead atoms. The topological polar surface area (TPSA) is 43.4 Å². The second-order valence-electron chi connectivity index (χ2n) is 4.79. The second kappa shape index (κ2) is 7.71. The zero-order valence-electron chi connectivity index (χ0n) is 12.1. The molecule has 0 aliphatic carbocycles. The predicted molar refractivity (Wildman–Crippen MR) is 89.6 cm³/mol. The highest BCUT2D eigenvalue weighted by Crippen LogP contribution is 2.11. The summed E-state index contributed by atoms with van der Waals surface area (Å²) in [5.74, 6) is -0.767. The van der Waals surface area contributed by atoms with Gasteiger partial charge in [0.1, 0.15) is 0 Å². The van der Waals surface area contributed by atoms with E-state index in [4.69, 9.17) is 4.74 Å². The van der Waals surface area contributed by atoms with Gasteiger partial charge in [-0.1, -0.05) is 57.9 Å². The maximum atomic E-state index is 11.9. The molecular weight excluding hydrogens is 344 g/mol. The molecular formula is C18H15BrO3. The second-order valence-corrected chi connectivity index (χ2v) is 5.70. The third kappa shape index (κ3) is 4.97. The third-order valence-corrected chi connectivity index (χ3v) is 3.49. The van der Waals surface area contributed by atoms with E-state index in [0.717, 1.165) is 15.6 Å². The molecule has 0 heterocycles. The van der Waals surface area contributed by atoms with Gasteiger partial charge < -0.3 is 4.74 Å². The number of hydrogen-bond acceptors (Lipinski definition) is 3. The molecule has 0 spiro atoms. The first kappa shape index (κ1) is 16.2. The molecule has 0 aromatic heterocycles. The van der Waals surface area contributed by atoms with E-state index >= 15 is 0 Å². The number of carbonyl (C=O) groups is 2. The van der Waals surface area contributed by atoms with Crippen molar-refractivity contribution in [1.29, 1.82) is 0 Å². The quantitative estimate of drug-likeness (QED) is 0.457. The lowest BCUT2D eigenvalue weighted by atomic mass is 10.1. The molecule has 0 N–H and O–H groups in total. The van der Waals surface area contributed by atoms with Gasteiger partial charge in [0, 0.05) is 16.1 Å². The number of esters is 1. The molecule has 112 valence electrons. The van der Waals surface area contributed by atoms with Crippen molar-refractivity contribution in [3.8, 4) is 0 Å². The van der Waals surface area contributed by atoms with Crippen LogP contribution in [0.4, 0.5) is 0 Å². The van der Waals surface area contributed by atoms with E-state index in [1.807, 2.05) is 31.2 Å². The summed E-state index contributed by atoms with van der Waals surface area (Å²) in [4.78, 5) is 23.5. The van der Waals surface area contributed by atoms with Gasteiger partial charge in [-0.05, 0) is 30.7 Å². The number of benzene rings is 2. The van der Waals surface area contributed by atoms with Crippen molar-refractivity contribution in [2.24, 2.45) is 0 Å². The van der Waals surface area contributed by atoms with E-state index in [0.29, 0.717) is 5.56 Å². The SMILES string of the molecule is Cc1cccc(/C=C/C(=O)OCC(=O)c2ccc(Br)cc2)c1. The van der Waals surface area contributed by atoms with E-state index < -0.39 is 5.97 Å². The van der Waals surface area contributed by atoms with Gasteiger partial charge in [0.25, 0.3) is 0 Å². The molecule has 0 aliphatic heterocycles. The fraction of sp³-hybridized carbons (Fsp3) is 0.111. The van der Waals surface area contributed by atoms with Gasteiger partial charge in [0.2, 0.25) is 0 Å². The van der Waals surface area contributed by atoms with Crippen LogP contribution in [0.2, 0.25) is 0 Å². The molecule has 0 saturated carbocycles. The number of ketones is 1. The highest BCUT2D eigenvalue weighted by molar-refractivity contribution is 9.10. The molecule has 2 aromatic rings. The number of halogens is 1. The Kier molecular flexibility index (Phi) is 5.67. The zero-order chi connectivity index (χ0) is 15.9. The Bertz CT molecular complexity index is 703. The largest absolute Gasteiger partial charge is 0.454 e. The van der Waals surface area contributed by atoms with Gasteiger partial charge in [0.15, 0.2) is 12.4 Å². The molecule has 0 radical (unpaired) electrons.